The quantitative estimate of drug-likeness (QED) is 0.764. The standard InChI is InChI=1S/C22H24F2N4O3/c1-13-10-20(29)25-18-6-4-5-7-19(18)28(13)21(30)12-27(3)14(2)22(31)26-17-9-8-15(23)11-16(17)24/h4-9,11,13-14H,10,12H2,1-3H3,(H,25,29)(H,26,31)/t13-,14-/m1/s1. The first kappa shape index (κ1) is 22.4. The van der Waals surface area contributed by atoms with Gasteiger partial charge in [-0.05, 0) is 45.2 Å². The topological polar surface area (TPSA) is 81.8 Å². The minimum atomic E-state index is -0.883. The highest BCUT2D eigenvalue weighted by atomic mass is 19.1. The molecule has 3 rings (SSSR count). The van der Waals surface area contributed by atoms with Gasteiger partial charge in [-0.15, -0.1) is 0 Å². The van der Waals surface area contributed by atoms with Crippen molar-refractivity contribution >= 4 is 34.8 Å². The molecular weight excluding hydrogens is 406 g/mol. The molecule has 2 aromatic rings. The molecule has 0 saturated carbocycles. The van der Waals surface area contributed by atoms with Crippen LogP contribution in [0.3, 0.4) is 0 Å². The fourth-order valence-corrected chi connectivity index (χ4v) is 3.42. The predicted octanol–water partition coefficient (Wildman–Crippen LogP) is 2.99. The van der Waals surface area contributed by atoms with Crippen molar-refractivity contribution in [3.8, 4) is 0 Å². The third kappa shape index (κ3) is 5.05. The summed E-state index contributed by atoms with van der Waals surface area (Å²) in [5.74, 6) is -2.64. The van der Waals surface area contributed by atoms with Gasteiger partial charge in [-0.1, -0.05) is 12.1 Å². The first-order chi connectivity index (χ1) is 14.7. The van der Waals surface area contributed by atoms with E-state index in [-0.39, 0.29) is 36.5 Å². The molecule has 0 unspecified atom stereocenters. The number of amides is 3. The van der Waals surface area contributed by atoms with Gasteiger partial charge < -0.3 is 15.5 Å². The lowest BCUT2D eigenvalue weighted by Crippen LogP contribution is -2.48. The second kappa shape index (κ2) is 9.22. The summed E-state index contributed by atoms with van der Waals surface area (Å²) >= 11 is 0. The summed E-state index contributed by atoms with van der Waals surface area (Å²) in [6.07, 6.45) is 0.143. The fourth-order valence-electron chi connectivity index (χ4n) is 3.42. The van der Waals surface area contributed by atoms with Gasteiger partial charge in [-0.3, -0.25) is 19.3 Å². The van der Waals surface area contributed by atoms with Crippen molar-refractivity contribution < 1.29 is 23.2 Å². The predicted molar refractivity (Wildman–Crippen MR) is 114 cm³/mol. The highest BCUT2D eigenvalue weighted by molar-refractivity contribution is 6.05. The van der Waals surface area contributed by atoms with Crippen molar-refractivity contribution in [1.29, 1.82) is 0 Å². The third-order valence-electron chi connectivity index (χ3n) is 5.24. The number of halogens is 2. The van der Waals surface area contributed by atoms with E-state index in [1.165, 1.54) is 4.90 Å². The van der Waals surface area contributed by atoms with Crippen molar-refractivity contribution in [2.75, 3.05) is 29.1 Å². The highest BCUT2D eigenvalue weighted by Crippen LogP contribution is 2.31. The maximum atomic E-state index is 13.8. The molecule has 0 fully saturated rings. The largest absolute Gasteiger partial charge is 0.324 e. The second-order valence-corrected chi connectivity index (χ2v) is 7.59. The zero-order chi connectivity index (χ0) is 22.7. The van der Waals surface area contributed by atoms with E-state index in [9.17, 15) is 23.2 Å². The number of nitrogens with zero attached hydrogens (tertiary/aromatic N) is 2. The Hall–Kier alpha value is -3.33. The van der Waals surface area contributed by atoms with Crippen LogP contribution < -0.4 is 15.5 Å². The molecule has 1 heterocycles. The van der Waals surface area contributed by atoms with Crippen LogP contribution >= 0.6 is 0 Å². The first-order valence-electron chi connectivity index (χ1n) is 9.84. The van der Waals surface area contributed by atoms with E-state index in [1.54, 1.807) is 50.1 Å². The van der Waals surface area contributed by atoms with E-state index >= 15 is 0 Å². The van der Waals surface area contributed by atoms with E-state index < -0.39 is 23.6 Å². The van der Waals surface area contributed by atoms with Crippen molar-refractivity contribution in [1.82, 2.24) is 4.90 Å². The average molecular weight is 430 g/mol. The van der Waals surface area contributed by atoms with Crippen LogP contribution in [0.15, 0.2) is 42.5 Å². The van der Waals surface area contributed by atoms with Crippen LogP contribution in [0.25, 0.3) is 0 Å². The van der Waals surface area contributed by atoms with Crippen LogP contribution in [0.2, 0.25) is 0 Å². The van der Waals surface area contributed by atoms with Crippen LogP contribution in [-0.4, -0.2) is 48.3 Å². The maximum absolute atomic E-state index is 13.8. The molecule has 1 aliphatic heterocycles. The fraction of sp³-hybridized carbons (Fsp3) is 0.318. The molecule has 7 nitrogen and oxygen atoms in total. The Morgan fingerprint density at radius 3 is 2.68 bits per heavy atom. The summed E-state index contributed by atoms with van der Waals surface area (Å²) < 4.78 is 26.9. The molecule has 1 aliphatic rings. The summed E-state index contributed by atoms with van der Waals surface area (Å²) in [7, 11) is 1.60. The molecule has 2 N–H and O–H groups in total. The molecule has 9 heteroatoms. The van der Waals surface area contributed by atoms with Gasteiger partial charge in [0.15, 0.2) is 0 Å². The molecule has 0 radical (unpaired) electrons. The SMILES string of the molecule is C[C@H](C(=O)Nc1ccc(F)cc1F)N(C)CC(=O)N1c2ccccc2NC(=O)C[C@H]1C. The molecule has 0 saturated heterocycles. The van der Waals surface area contributed by atoms with Gasteiger partial charge in [0.2, 0.25) is 17.7 Å². The van der Waals surface area contributed by atoms with Gasteiger partial charge >= 0.3 is 0 Å². The highest BCUT2D eigenvalue weighted by Gasteiger charge is 2.31. The van der Waals surface area contributed by atoms with E-state index in [2.05, 4.69) is 10.6 Å². The van der Waals surface area contributed by atoms with Crippen molar-refractivity contribution in [2.24, 2.45) is 0 Å². The number of hydrogen-bond acceptors (Lipinski definition) is 4. The number of likely N-dealkylation sites (N-methyl/N-ethyl adjacent to an activating group) is 1. The van der Waals surface area contributed by atoms with Gasteiger partial charge in [0.05, 0.1) is 29.6 Å². The Labute approximate surface area is 179 Å². The lowest BCUT2D eigenvalue weighted by atomic mass is 10.1. The monoisotopic (exact) mass is 430 g/mol. The minimum Gasteiger partial charge on any atom is -0.324 e. The van der Waals surface area contributed by atoms with Crippen LogP contribution in [0.1, 0.15) is 20.3 Å². The molecule has 0 spiro atoms. The zero-order valence-electron chi connectivity index (χ0n) is 17.5. The number of rotatable bonds is 5. The van der Waals surface area contributed by atoms with Crippen molar-refractivity contribution in [2.45, 2.75) is 32.4 Å². The Morgan fingerprint density at radius 1 is 1.26 bits per heavy atom. The van der Waals surface area contributed by atoms with Crippen LogP contribution in [0.5, 0.6) is 0 Å². The van der Waals surface area contributed by atoms with Crippen LogP contribution in [-0.2, 0) is 14.4 Å². The molecule has 2 atom stereocenters. The summed E-state index contributed by atoms with van der Waals surface area (Å²) in [6, 6.07) is 8.75. The van der Waals surface area contributed by atoms with E-state index in [1.807, 2.05) is 0 Å². The lowest BCUT2D eigenvalue weighted by Gasteiger charge is -2.31. The number of carbonyl (C=O) groups excluding carboxylic acids is 3. The van der Waals surface area contributed by atoms with Gasteiger partial charge in [0, 0.05) is 18.5 Å². The molecular formula is C22H24F2N4O3. The smallest absolute Gasteiger partial charge is 0.241 e. The number of fused-ring (bicyclic) bond motifs is 1. The van der Waals surface area contributed by atoms with E-state index in [4.69, 9.17) is 0 Å². The number of para-hydroxylation sites is 2. The number of carbonyl (C=O) groups is 3. The van der Waals surface area contributed by atoms with E-state index in [0.717, 1.165) is 12.1 Å². The molecule has 0 aromatic heterocycles. The number of nitrogens with one attached hydrogen (secondary N) is 2. The van der Waals surface area contributed by atoms with Crippen LogP contribution in [0.4, 0.5) is 25.8 Å². The third-order valence-corrected chi connectivity index (χ3v) is 5.24. The molecule has 0 bridgehead atoms. The summed E-state index contributed by atoms with van der Waals surface area (Å²) in [6.45, 7) is 3.26. The van der Waals surface area contributed by atoms with Gasteiger partial charge in [-0.2, -0.15) is 0 Å². The van der Waals surface area contributed by atoms with E-state index in [0.29, 0.717) is 17.4 Å². The number of anilines is 3. The van der Waals surface area contributed by atoms with Crippen molar-refractivity contribution in [3.05, 3.63) is 54.1 Å². The molecule has 2 aromatic carbocycles. The summed E-state index contributed by atoms with van der Waals surface area (Å²) in [4.78, 5) is 40.8. The molecule has 31 heavy (non-hydrogen) atoms. The molecule has 164 valence electrons. The maximum Gasteiger partial charge on any atom is 0.241 e. The average Bonchev–Trinajstić information content (AvgIpc) is 2.83. The summed E-state index contributed by atoms with van der Waals surface area (Å²) in [5.41, 5.74) is 0.993. The Balaban J connectivity index is 1.71. The number of hydrogen-bond donors (Lipinski definition) is 2. The Bertz CT molecular complexity index is 1010. The van der Waals surface area contributed by atoms with Gasteiger partial charge in [-0.25, -0.2) is 8.78 Å². The van der Waals surface area contributed by atoms with Crippen molar-refractivity contribution in [3.63, 3.8) is 0 Å². The van der Waals surface area contributed by atoms with Crippen LogP contribution in [0, 0.1) is 11.6 Å². The minimum absolute atomic E-state index is 0.104. The lowest BCUT2D eigenvalue weighted by molar-refractivity contribution is -0.123. The second-order valence-electron chi connectivity index (χ2n) is 7.59. The normalized spacial score (nSPS) is 16.9. The Morgan fingerprint density at radius 2 is 1.97 bits per heavy atom. The van der Waals surface area contributed by atoms with Gasteiger partial charge in [0.25, 0.3) is 0 Å². The van der Waals surface area contributed by atoms with Gasteiger partial charge in [0.1, 0.15) is 11.6 Å². The zero-order valence-corrected chi connectivity index (χ0v) is 17.5. The first-order valence-corrected chi connectivity index (χ1v) is 9.84. The number of benzene rings is 2. The Kier molecular flexibility index (Phi) is 6.65. The summed E-state index contributed by atoms with van der Waals surface area (Å²) in [5, 5.41) is 5.21. The molecule has 3 amide bonds. The molecule has 0 aliphatic carbocycles.